The van der Waals surface area contributed by atoms with Gasteiger partial charge >= 0.3 is 6.18 Å². The average molecular weight is 334 g/mol. The van der Waals surface area contributed by atoms with E-state index in [9.17, 15) is 31.5 Å². The van der Waals surface area contributed by atoms with Crippen molar-refractivity contribution in [1.82, 2.24) is 10.6 Å². The smallest absolute Gasteiger partial charge is 0.345 e. The normalized spacial score (nSPS) is 12.2. The van der Waals surface area contributed by atoms with E-state index in [4.69, 9.17) is 6.42 Å². The van der Waals surface area contributed by atoms with Crippen molar-refractivity contribution in [1.29, 1.82) is 0 Å². The van der Waals surface area contributed by atoms with Crippen LogP contribution in [0, 0.1) is 24.0 Å². The Hall–Kier alpha value is -2.63. The van der Waals surface area contributed by atoms with Gasteiger partial charge in [-0.2, -0.15) is 13.2 Å². The second kappa shape index (κ2) is 7.58. The first-order valence-electron chi connectivity index (χ1n) is 6.17. The maximum Gasteiger partial charge on any atom is 0.413 e. The van der Waals surface area contributed by atoms with Crippen molar-refractivity contribution in [2.24, 2.45) is 0 Å². The van der Waals surface area contributed by atoms with Gasteiger partial charge in [0.25, 0.3) is 0 Å². The molecule has 0 bridgehead atoms. The van der Waals surface area contributed by atoms with Crippen LogP contribution >= 0.6 is 0 Å². The Balaban J connectivity index is 2.96. The third-order valence-corrected chi connectivity index (χ3v) is 2.63. The van der Waals surface area contributed by atoms with Crippen molar-refractivity contribution < 1.29 is 31.5 Å². The van der Waals surface area contributed by atoms with Crippen LogP contribution in [-0.4, -0.2) is 24.5 Å². The van der Waals surface area contributed by atoms with Gasteiger partial charge in [0.2, 0.25) is 11.8 Å². The number of carbonyl (C=O) groups is 2. The third-order valence-electron chi connectivity index (χ3n) is 2.63. The Morgan fingerprint density at radius 1 is 1.17 bits per heavy atom. The molecule has 2 N–H and O–H groups in total. The molecule has 2 amide bonds. The summed E-state index contributed by atoms with van der Waals surface area (Å²) in [6.45, 7) is -0.212. The van der Waals surface area contributed by atoms with Crippen molar-refractivity contribution in [2.75, 3.05) is 6.54 Å². The number of halogens is 5. The van der Waals surface area contributed by atoms with Crippen LogP contribution in [0.4, 0.5) is 22.0 Å². The van der Waals surface area contributed by atoms with Crippen LogP contribution in [-0.2, 0) is 9.59 Å². The van der Waals surface area contributed by atoms with Crippen molar-refractivity contribution in [3.05, 3.63) is 35.4 Å². The van der Waals surface area contributed by atoms with Gasteiger partial charge in [-0.25, -0.2) is 8.78 Å². The highest BCUT2D eigenvalue weighted by molar-refractivity contribution is 5.97. The van der Waals surface area contributed by atoms with Gasteiger partial charge in [0.05, 0.1) is 12.1 Å². The summed E-state index contributed by atoms with van der Waals surface area (Å²) in [5.74, 6) is -3.18. The fourth-order valence-corrected chi connectivity index (χ4v) is 1.67. The van der Waals surface area contributed by atoms with E-state index in [0.717, 1.165) is 6.07 Å². The van der Waals surface area contributed by atoms with Gasteiger partial charge in [-0.1, -0.05) is 12.0 Å². The van der Waals surface area contributed by atoms with Crippen molar-refractivity contribution in [3.8, 4) is 12.3 Å². The van der Waals surface area contributed by atoms with Crippen LogP contribution < -0.4 is 10.6 Å². The molecule has 9 heteroatoms. The standard InChI is InChI=1S/C14H11F5N2O2/c1-2-6-20-10(22)7-11(23)21-13(14(17,18)19)12-8(15)4-3-5-9(12)16/h1,3-5,13H,6-7H2,(H,20,22)(H,21,23)/t13-/m1/s1. The summed E-state index contributed by atoms with van der Waals surface area (Å²) in [6.07, 6.45) is -1.27. The second-order valence-corrected chi connectivity index (χ2v) is 4.34. The number of alkyl halides is 3. The van der Waals surface area contributed by atoms with Crippen molar-refractivity contribution in [3.63, 3.8) is 0 Å². The number of hydrogen-bond donors (Lipinski definition) is 2. The lowest BCUT2D eigenvalue weighted by molar-refractivity contribution is -0.165. The third kappa shape index (κ3) is 5.25. The van der Waals surface area contributed by atoms with Gasteiger partial charge in [0.15, 0.2) is 6.04 Å². The highest BCUT2D eigenvalue weighted by atomic mass is 19.4. The van der Waals surface area contributed by atoms with Crippen molar-refractivity contribution >= 4 is 11.8 Å². The topological polar surface area (TPSA) is 58.2 Å². The molecule has 0 aromatic heterocycles. The number of benzene rings is 1. The molecule has 1 atom stereocenters. The number of hydrogen-bond acceptors (Lipinski definition) is 2. The Bertz CT molecular complexity index is 617. The molecule has 124 valence electrons. The zero-order valence-corrected chi connectivity index (χ0v) is 11.5. The molecule has 0 spiro atoms. The Morgan fingerprint density at radius 2 is 1.74 bits per heavy atom. The van der Waals surface area contributed by atoms with E-state index in [1.54, 1.807) is 0 Å². The number of amides is 2. The summed E-state index contributed by atoms with van der Waals surface area (Å²) < 4.78 is 66.0. The van der Waals surface area contributed by atoms with E-state index < -0.39 is 47.7 Å². The van der Waals surface area contributed by atoms with E-state index in [1.165, 1.54) is 5.32 Å². The Morgan fingerprint density at radius 3 is 2.22 bits per heavy atom. The predicted molar refractivity (Wildman–Crippen MR) is 69.8 cm³/mol. The van der Waals surface area contributed by atoms with Gasteiger partial charge in [0, 0.05) is 0 Å². The minimum atomic E-state index is -5.16. The highest BCUT2D eigenvalue weighted by Crippen LogP contribution is 2.35. The molecule has 0 saturated heterocycles. The molecule has 1 rings (SSSR count). The highest BCUT2D eigenvalue weighted by Gasteiger charge is 2.44. The molecular formula is C14H11F5N2O2. The molecule has 1 aromatic carbocycles. The molecule has 0 saturated carbocycles. The number of carbonyl (C=O) groups excluding carboxylic acids is 2. The molecule has 0 aliphatic heterocycles. The largest absolute Gasteiger partial charge is 0.413 e. The second-order valence-electron chi connectivity index (χ2n) is 4.34. The van der Waals surface area contributed by atoms with Crippen LogP contribution in [0.2, 0.25) is 0 Å². The first-order chi connectivity index (χ1) is 10.7. The summed E-state index contributed by atoms with van der Waals surface area (Å²) in [4.78, 5) is 22.7. The van der Waals surface area contributed by atoms with Gasteiger partial charge in [-0.3, -0.25) is 9.59 Å². The van der Waals surface area contributed by atoms with Crippen molar-refractivity contribution in [2.45, 2.75) is 18.6 Å². The number of rotatable bonds is 5. The first kappa shape index (κ1) is 18.4. The van der Waals surface area contributed by atoms with E-state index in [1.807, 2.05) is 5.92 Å². The maximum absolute atomic E-state index is 13.5. The van der Waals surface area contributed by atoms with E-state index in [0.29, 0.717) is 12.1 Å². The summed E-state index contributed by atoms with van der Waals surface area (Å²) in [7, 11) is 0. The zero-order valence-electron chi connectivity index (χ0n) is 11.5. The molecule has 0 aliphatic rings. The molecule has 0 fully saturated rings. The van der Waals surface area contributed by atoms with Crippen LogP contribution in [0.25, 0.3) is 0 Å². The van der Waals surface area contributed by atoms with Gasteiger partial charge in [0.1, 0.15) is 18.1 Å². The predicted octanol–water partition coefficient (Wildman–Crippen LogP) is 1.82. The lowest BCUT2D eigenvalue weighted by atomic mass is 10.0. The van der Waals surface area contributed by atoms with Crippen LogP contribution in [0.15, 0.2) is 18.2 Å². The quantitative estimate of drug-likeness (QED) is 0.490. The molecule has 23 heavy (non-hydrogen) atoms. The lowest BCUT2D eigenvalue weighted by Gasteiger charge is -2.22. The molecule has 0 heterocycles. The Labute approximate surface area is 128 Å². The summed E-state index contributed by atoms with van der Waals surface area (Å²) >= 11 is 0. The molecule has 0 radical (unpaired) electrons. The first-order valence-corrected chi connectivity index (χ1v) is 6.17. The molecule has 0 aliphatic carbocycles. The van der Waals surface area contributed by atoms with E-state index in [2.05, 4.69) is 5.32 Å². The van der Waals surface area contributed by atoms with Crippen LogP contribution in [0.5, 0.6) is 0 Å². The molecule has 0 unspecified atom stereocenters. The minimum Gasteiger partial charge on any atom is -0.345 e. The summed E-state index contributed by atoms with van der Waals surface area (Å²) in [5.41, 5.74) is -1.35. The average Bonchev–Trinajstić information content (AvgIpc) is 2.42. The minimum absolute atomic E-state index is 0.212. The number of terminal acetylenes is 1. The molecule has 4 nitrogen and oxygen atoms in total. The van der Waals surface area contributed by atoms with Gasteiger partial charge in [-0.05, 0) is 12.1 Å². The van der Waals surface area contributed by atoms with E-state index in [-0.39, 0.29) is 6.54 Å². The zero-order chi connectivity index (χ0) is 17.6. The molecular weight excluding hydrogens is 323 g/mol. The number of nitrogens with one attached hydrogen (secondary N) is 2. The van der Waals surface area contributed by atoms with E-state index >= 15 is 0 Å². The summed E-state index contributed by atoms with van der Waals surface area (Å²) in [5, 5.41) is 3.48. The van der Waals surface area contributed by atoms with Gasteiger partial charge < -0.3 is 10.6 Å². The SMILES string of the molecule is C#CCNC(=O)CC(=O)N[C@H](c1c(F)cccc1F)C(F)(F)F. The van der Waals surface area contributed by atoms with Crippen LogP contribution in [0.3, 0.4) is 0 Å². The fourth-order valence-electron chi connectivity index (χ4n) is 1.67. The van der Waals surface area contributed by atoms with Crippen LogP contribution in [0.1, 0.15) is 18.0 Å². The van der Waals surface area contributed by atoms with Gasteiger partial charge in [-0.15, -0.1) is 6.42 Å². The molecule has 1 aromatic rings. The lowest BCUT2D eigenvalue weighted by Crippen LogP contribution is -2.41. The Kier molecular flexibility index (Phi) is 6.07. The monoisotopic (exact) mass is 334 g/mol. The maximum atomic E-state index is 13.5. The summed E-state index contributed by atoms with van der Waals surface area (Å²) in [6, 6.07) is -0.778. The fraction of sp³-hybridized carbons (Fsp3) is 0.286.